The normalized spacial score (nSPS) is 32.1. The van der Waals surface area contributed by atoms with Crippen molar-refractivity contribution in [3.8, 4) is 0 Å². The van der Waals surface area contributed by atoms with E-state index in [1.165, 1.54) is 0 Å². The van der Waals surface area contributed by atoms with E-state index in [9.17, 15) is 4.79 Å². The number of amides is 1. The molecule has 3 nitrogen and oxygen atoms in total. The highest BCUT2D eigenvalue weighted by molar-refractivity contribution is 6.42. The van der Waals surface area contributed by atoms with Crippen LogP contribution in [0.1, 0.15) is 31.7 Å². The summed E-state index contributed by atoms with van der Waals surface area (Å²) >= 11 is 12.0. The van der Waals surface area contributed by atoms with Crippen LogP contribution in [0.2, 0.25) is 10.0 Å². The fraction of sp³-hybridized carbons (Fsp3) is 0.562. The second-order valence-electron chi connectivity index (χ2n) is 6.14. The number of hydrogen-bond donors (Lipinski definition) is 1. The molecule has 1 aliphatic heterocycles. The van der Waals surface area contributed by atoms with Crippen molar-refractivity contribution in [2.75, 3.05) is 13.1 Å². The molecule has 0 aromatic heterocycles. The number of nitrogens with zero attached hydrogens (tertiary/aromatic N) is 1. The molecule has 1 amide bonds. The van der Waals surface area contributed by atoms with Gasteiger partial charge in [0, 0.05) is 31.1 Å². The van der Waals surface area contributed by atoms with Crippen molar-refractivity contribution >= 4 is 29.1 Å². The number of benzene rings is 1. The van der Waals surface area contributed by atoms with E-state index >= 15 is 0 Å². The van der Waals surface area contributed by atoms with E-state index in [0.717, 1.165) is 25.1 Å². The van der Waals surface area contributed by atoms with Crippen LogP contribution in [0.3, 0.4) is 0 Å². The van der Waals surface area contributed by atoms with Gasteiger partial charge in [0.15, 0.2) is 0 Å². The Balaban J connectivity index is 1.69. The van der Waals surface area contributed by atoms with E-state index in [-0.39, 0.29) is 17.9 Å². The van der Waals surface area contributed by atoms with E-state index in [0.29, 0.717) is 22.0 Å². The first kappa shape index (κ1) is 15.1. The Morgan fingerprint density at radius 2 is 2.05 bits per heavy atom. The van der Waals surface area contributed by atoms with Crippen LogP contribution < -0.4 is 5.32 Å². The minimum Gasteiger partial charge on any atom is -0.337 e. The van der Waals surface area contributed by atoms with Crippen LogP contribution in [-0.4, -0.2) is 36.0 Å². The molecular weight excluding hydrogens is 307 g/mol. The Hall–Kier alpha value is -0.770. The molecule has 4 unspecified atom stereocenters. The molecule has 4 atom stereocenters. The molecule has 0 spiro atoms. The van der Waals surface area contributed by atoms with E-state index in [2.05, 4.69) is 19.2 Å². The molecule has 1 saturated heterocycles. The van der Waals surface area contributed by atoms with Gasteiger partial charge in [-0.05, 0) is 43.9 Å². The molecule has 3 rings (SSSR count). The number of carbonyl (C=O) groups excluding carboxylic acids is 1. The van der Waals surface area contributed by atoms with E-state index < -0.39 is 0 Å². The van der Waals surface area contributed by atoms with Gasteiger partial charge in [-0.15, -0.1) is 0 Å². The van der Waals surface area contributed by atoms with Crippen molar-refractivity contribution in [3.05, 3.63) is 33.8 Å². The molecule has 1 heterocycles. The van der Waals surface area contributed by atoms with E-state index in [4.69, 9.17) is 23.2 Å². The summed E-state index contributed by atoms with van der Waals surface area (Å²) < 4.78 is 0. The third-order valence-electron chi connectivity index (χ3n) is 4.80. The van der Waals surface area contributed by atoms with E-state index in [1.54, 1.807) is 0 Å². The quantitative estimate of drug-likeness (QED) is 0.904. The summed E-state index contributed by atoms with van der Waals surface area (Å²) in [7, 11) is 0. The Morgan fingerprint density at radius 3 is 2.76 bits per heavy atom. The average molecular weight is 327 g/mol. The molecule has 1 aliphatic carbocycles. The zero-order chi connectivity index (χ0) is 15.1. The second-order valence-corrected chi connectivity index (χ2v) is 6.95. The Labute approximate surface area is 135 Å². The number of nitrogens with one attached hydrogen (secondary N) is 1. The topological polar surface area (TPSA) is 32.3 Å². The Morgan fingerprint density at radius 1 is 1.29 bits per heavy atom. The summed E-state index contributed by atoms with van der Waals surface area (Å²) in [5.41, 5.74) is 1.12. The van der Waals surface area contributed by atoms with Gasteiger partial charge in [0.05, 0.1) is 10.0 Å². The maximum atomic E-state index is 12.7. The predicted molar refractivity (Wildman–Crippen MR) is 85.9 cm³/mol. The Bertz CT molecular complexity index is 563. The van der Waals surface area contributed by atoms with Gasteiger partial charge >= 0.3 is 0 Å². The predicted octanol–water partition coefficient (Wildman–Crippen LogP) is 3.31. The van der Waals surface area contributed by atoms with Gasteiger partial charge in [0.25, 0.3) is 0 Å². The molecule has 21 heavy (non-hydrogen) atoms. The zero-order valence-corrected chi connectivity index (χ0v) is 13.8. The van der Waals surface area contributed by atoms with Gasteiger partial charge in [0.2, 0.25) is 5.91 Å². The van der Waals surface area contributed by atoms with Crippen LogP contribution in [0.4, 0.5) is 0 Å². The number of hydrogen-bond acceptors (Lipinski definition) is 2. The fourth-order valence-corrected chi connectivity index (χ4v) is 3.47. The van der Waals surface area contributed by atoms with Gasteiger partial charge in [-0.2, -0.15) is 0 Å². The number of rotatable bonds is 2. The number of carbonyl (C=O) groups is 1. The monoisotopic (exact) mass is 326 g/mol. The highest BCUT2D eigenvalue weighted by Crippen LogP contribution is 2.49. The van der Waals surface area contributed by atoms with Crippen LogP contribution in [0.25, 0.3) is 0 Å². The lowest BCUT2D eigenvalue weighted by Gasteiger charge is -2.38. The summed E-state index contributed by atoms with van der Waals surface area (Å²) in [6.07, 6.45) is 0.918. The van der Waals surface area contributed by atoms with Crippen molar-refractivity contribution in [1.29, 1.82) is 0 Å². The summed E-state index contributed by atoms with van der Waals surface area (Å²) in [6, 6.07) is 6.29. The maximum absolute atomic E-state index is 12.7. The molecule has 0 bridgehead atoms. The molecule has 114 valence electrons. The van der Waals surface area contributed by atoms with E-state index in [1.807, 2.05) is 23.1 Å². The minimum absolute atomic E-state index is 0.106. The van der Waals surface area contributed by atoms with Crippen molar-refractivity contribution < 1.29 is 4.79 Å². The number of piperazine rings is 1. The lowest BCUT2D eigenvalue weighted by atomic mass is 10.0. The van der Waals surface area contributed by atoms with Gasteiger partial charge in [-0.1, -0.05) is 29.3 Å². The standard InChI is InChI=1S/C16H20Cl2N2O/c1-9-10(2)20(6-5-19-9)16(21)13-8-12(13)11-3-4-14(17)15(18)7-11/h3-4,7,9-10,12-13,19H,5-6,8H2,1-2H3. The molecule has 1 aromatic carbocycles. The molecular formula is C16H20Cl2N2O. The molecule has 5 heteroatoms. The van der Waals surface area contributed by atoms with Crippen LogP contribution in [0, 0.1) is 5.92 Å². The van der Waals surface area contributed by atoms with Crippen molar-refractivity contribution in [2.24, 2.45) is 5.92 Å². The van der Waals surface area contributed by atoms with Crippen LogP contribution in [-0.2, 0) is 4.79 Å². The van der Waals surface area contributed by atoms with Gasteiger partial charge in [0.1, 0.15) is 0 Å². The van der Waals surface area contributed by atoms with Crippen LogP contribution in [0.5, 0.6) is 0 Å². The first-order valence-electron chi connectivity index (χ1n) is 7.48. The minimum atomic E-state index is 0.106. The molecule has 1 N–H and O–H groups in total. The van der Waals surface area contributed by atoms with Gasteiger partial charge < -0.3 is 10.2 Å². The lowest BCUT2D eigenvalue weighted by molar-refractivity contribution is -0.136. The summed E-state index contributed by atoms with van der Waals surface area (Å²) in [4.78, 5) is 14.7. The SMILES string of the molecule is CC1NCCN(C(=O)C2CC2c2ccc(Cl)c(Cl)c2)C1C. The third kappa shape index (κ3) is 2.92. The molecule has 2 fully saturated rings. The summed E-state index contributed by atoms with van der Waals surface area (Å²) in [5, 5.41) is 4.54. The maximum Gasteiger partial charge on any atom is 0.226 e. The molecule has 1 aromatic rings. The van der Waals surface area contributed by atoms with Crippen LogP contribution >= 0.6 is 23.2 Å². The average Bonchev–Trinajstić information content (AvgIpc) is 3.24. The largest absolute Gasteiger partial charge is 0.337 e. The molecule has 2 aliphatic rings. The first-order chi connectivity index (χ1) is 9.99. The van der Waals surface area contributed by atoms with Crippen molar-refractivity contribution in [3.63, 3.8) is 0 Å². The van der Waals surface area contributed by atoms with Crippen molar-refractivity contribution in [2.45, 2.75) is 38.3 Å². The number of halogens is 2. The summed E-state index contributed by atoms with van der Waals surface area (Å²) in [6.45, 7) is 5.93. The first-order valence-corrected chi connectivity index (χ1v) is 8.23. The van der Waals surface area contributed by atoms with Gasteiger partial charge in [-0.3, -0.25) is 4.79 Å². The smallest absolute Gasteiger partial charge is 0.226 e. The fourth-order valence-electron chi connectivity index (χ4n) is 3.16. The Kier molecular flexibility index (Phi) is 4.17. The highest BCUT2D eigenvalue weighted by atomic mass is 35.5. The van der Waals surface area contributed by atoms with Crippen LogP contribution in [0.15, 0.2) is 18.2 Å². The van der Waals surface area contributed by atoms with Gasteiger partial charge in [-0.25, -0.2) is 0 Å². The lowest BCUT2D eigenvalue weighted by Crippen LogP contribution is -2.57. The third-order valence-corrected chi connectivity index (χ3v) is 5.54. The zero-order valence-electron chi connectivity index (χ0n) is 12.3. The second kappa shape index (κ2) is 5.79. The molecule has 1 saturated carbocycles. The summed E-state index contributed by atoms with van der Waals surface area (Å²) in [5.74, 6) is 0.687. The highest BCUT2D eigenvalue weighted by Gasteiger charge is 2.47. The van der Waals surface area contributed by atoms with Crippen molar-refractivity contribution in [1.82, 2.24) is 10.2 Å². The molecule has 0 radical (unpaired) electrons.